The summed E-state index contributed by atoms with van der Waals surface area (Å²) in [6.45, 7) is 3.46. The van der Waals surface area contributed by atoms with Crippen molar-refractivity contribution in [1.82, 2.24) is 5.32 Å². The van der Waals surface area contributed by atoms with Crippen LogP contribution in [0.4, 0.5) is 0 Å². The number of hydrogen-bond acceptors (Lipinski definition) is 2. The van der Waals surface area contributed by atoms with E-state index < -0.39 is 5.60 Å². The topological polar surface area (TPSA) is 49.3 Å². The number of nitrogens with one attached hydrogen (secondary N) is 1. The Morgan fingerprint density at radius 3 is 2.38 bits per heavy atom. The maximum Gasteiger partial charge on any atom is 0.220 e. The number of benzene rings is 1. The van der Waals surface area contributed by atoms with Crippen molar-refractivity contribution in [3.63, 3.8) is 0 Å². The molecule has 0 spiro atoms. The number of carbonyl (C=O) groups excluding carboxylic acids is 1. The summed E-state index contributed by atoms with van der Waals surface area (Å²) in [5.41, 5.74) is 0.0759. The second-order valence-corrected chi connectivity index (χ2v) is 4.49. The second kappa shape index (κ2) is 5.12. The monoisotopic (exact) mass is 221 g/mol. The molecule has 1 amide bonds. The van der Waals surface area contributed by atoms with E-state index in [1.54, 1.807) is 20.9 Å². The van der Waals surface area contributed by atoms with Crippen LogP contribution in [0.15, 0.2) is 30.3 Å². The molecule has 0 saturated heterocycles. The number of carbonyl (C=O) groups is 1. The Bertz CT molecular complexity index is 341. The SMILES string of the molecule is CNC(=O)CC(c1ccccc1)C(C)(C)O. The lowest BCUT2D eigenvalue weighted by Crippen LogP contribution is -2.33. The van der Waals surface area contributed by atoms with Crippen molar-refractivity contribution in [2.24, 2.45) is 0 Å². The van der Waals surface area contributed by atoms with Crippen LogP contribution in [0, 0.1) is 0 Å². The summed E-state index contributed by atoms with van der Waals surface area (Å²) < 4.78 is 0. The molecule has 1 rings (SSSR count). The number of hydrogen-bond donors (Lipinski definition) is 2. The lowest BCUT2D eigenvalue weighted by Gasteiger charge is -2.29. The zero-order chi connectivity index (χ0) is 12.2. The summed E-state index contributed by atoms with van der Waals surface area (Å²) in [6.07, 6.45) is 0.296. The molecular weight excluding hydrogens is 202 g/mol. The number of aliphatic hydroxyl groups is 1. The van der Waals surface area contributed by atoms with Crippen molar-refractivity contribution in [3.8, 4) is 0 Å². The first-order valence-corrected chi connectivity index (χ1v) is 5.43. The summed E-state index contributed by atoms with van der Waals surface area (Å²) in [5.74, 6) is -0.246. The molecular formula is C13H19NO2. The molecule has 0 bridgehead atoms. The van der Waals surface area contributed by atoms with Gasteiger partial charge in [-0.2, -0.15) is 0 Å². The summed E-state index contributed by atoms with van der Waals surface area (Å²) in [5, 5.41) is 12.7. The lowest BCUT2D eigenvalue weighted by atomic mass is 9.82. The van der Waals surface area contributed by atoms with Crippen LogP contribution >= 0.6 is 0 Å². The zero-order valence-corrected chi connectivity index (χ0v) is 10.0. The van der Waals surface area contributed by atoms with Gasteiger partial charge in [0.2, 0.25) is 5.91 Å². The quantitative estimate of drug-likeness (QED) is 0.812. The normalized spacial score (nSPS) is 13.2. The molecule has 3 heteroatoms. The Kier molecular flexibility index (Phi) is 4.07. The van der Waals surface area contributed by atoms with Crippen molar-refractivity contribution in [2.45, 2.75) is 31.8 Å². The van der Waals surface area contributed by atoms with Crippen LogP contribution in [0.3, 0.4) is 0 Å². The standard InChI is InChI=1S/C13H19NO2/c1-13(2,16)11(9-12(15)14-3)10-7-5-4-6-8-10/h4-8,11,16H,9H2,1-3H3,(H,14,15). The smallest absolute Gasteiger partial charge is 0.220 e. The molecule has 1 unspecified atom stereocenters. The Morgan fingerprint density at radius 2 is 1.94 bits per heavy atom. The van der Waals surface area contributed by atoms with E-state index in [4.69, 9.17) is 0 Å². The largest absolute Gasteiger partial charge is 0.390 e. The van der Waals surface area contributed by atoms with Gasteiger partial charge in [-0.15, -0.1) is 0 Å². The van der Waals surface area contributed by atoms with Crippen LogP contribution in [0.5, 0.6) is 0 Å². The average Bonchev–Trinajstić information content (AvgIpc) is 2.25. The fourth-order valence-corrected chi connectivity index (χ4v) is 1.75. The first-order valence-electron chi connectivity index (χ1n) is 5.43. The Labute approximate surface area is 96.5 Å². The number of rotatable bonds is 4. The molecule has 2 N–H and O–H groups in total. The van der Waals surface area contributed by atoms with Gasteiger partial charge in [0, 0.05) is 19.4 Å². The number of amides is 1. The van der Waals surface area contributed by atoms with Crippen LogP contribution in [0.25, 0.3) is 0 Å². The molecule has 1 aromatic rings. The van der Waals surface area contributed by atoms with E-state index in [0.29, 0.717) is 6.42 Å². The van der Waals surface area contributed by atoms with Gasteiger partial charge >= 0.3 is 0 Å². The van der Waals surface area contributed by atoms with Crippen LogP contribution in [-0.2, 0) is 4.79 Å². The van der Waals surface area contributed by atoms with Gasteiger partial charge in [0.25, 0.3) is 0 Å². The second-order valence-electron chi connectivity index (χ2n) is 4.49. The van der Waals surface area contributed by atoms with Gasteiger partial charge < -0.3 is 10.4 Å². The van der Waals surface area contributed by atoms with Gasteiger partial charge in [-0.3, -0.25) is 4.79 Å². The van der Waals surface area contributed by atoms with Crippen LogP contribution in [-0.4, -0.2) is 23.7 Å². The Hall–Kier alpha value is -1.35. The molecule has 1 aromatic carbocycles. The highest BCUT2D eigenvalue weighted by atomic mass is 16.3. The molecule has 0 aliphatic carbocycles. The molecule has 3 nitrogen and oxygen atoms in total. The highest BCUT2D eigenvalue weighted by Crippen LogP contribution is 2.30. The fraction of sp³-hybridized carbons (Fsp3) is 0.462. The lowest BCUT2D eigenvalue weighted by molar-refractivity contribution is -0.122. The van der Waals surface area contributed by atoms with Gasteiger partial charge in [0.15, 0.2) is 0 Å². The van der Waals surface area contributed by atoms with Gasteiger partial charge in [-0.1, -0.05) is 30.3 Å². The maximum atomic E-state index is 11.4. The van der Waals surface area contributed by atoms with Crippen molar-refractivity contribution in [3.05, 3.63) is 35.9 Å². The summed E-state index contributed by atoms with van der Waals surface area (Å²) >= 11 is 0. The molecule has 88 valence electrons. The first kappa shape index (κ1) is 12.7. The minimum Gasteiger partial charge on any atom is -0.390 e. The fourth-order valence-electron chi connectivity index (χ4n) is 1.75. The van der Waals surface area contributed by atoms with Crippen LogP contribution in [0.1, 0.15) is 31.7 Å². The van der Waals surface area contributed by atoms with E-state index >= 15 is 0 Å². The summed E-state index contributed by atoms with van der Waals surface area (Å²) in [4.78, 5) is 11.4. The van der Waals surface area contributed by atoms with E-state index in [9.17, 15) is 9.90 Å². The van der Waals surface area contributed by atoms with E-state index in [1.807, 2.05) is 30.3 Å². The minimum atomic E-state index is -0.909. The molecule has 0 heterocycles. The average molecular weight is 221 g/mol. The molecule has 0 aromatic heterocycles. The highest BCUT2D eigenvalue weighted by Gasteiger charge is 2.29. The first-order chi connectivity index (χ1) is 7.45. The van der Waals surface area contributed by atoms with Gasteiger partial charge in [-0.05, 0) is 19.4 Å². The molecule has 0 saturated carbocycles. The third kappa shape index (κ3) is 3.35. The maximum absolute atomic E-state index is 11.4. The molecule has 16 heavy (non-hydrogen) atoms. The van der Waals surface area contributed by atoms with E-state index in [1.165, 1.54) is 0 Å². The van der Waals surface area contributed by atoms with Crippen LogP contribution in [0.2, 0.25) is 0 Å². The van der Waals surface area contributed by atoms with Crippen LogP contribution < -0.4 is 5.32 Å². The minimum absolute atomic E-state index is 0.0593. The van der Waals surface area contributed by atoms with E-state index in [2.05, 4.69) is 5.32 Å². The van der Waals surface area contributed by atoms with Crippen molar-refractivity contribution < 1.29 is 9.90 Å². The van der Waals surface area contributed by atoms with Crippen molar-refractivity contribution in [1.29, 1.82) is 0 Å². The van der Waals surface area contributed by atoms with E-state index in [-0.39, 0.29) is 11.8 Å². The predicted octanol–water partition coefficient (Wildman–Crippen LogP) is 1.68. The molecule has 0 aliphatic heterocycles. The highest BCUT2D eigenvalue weighted by molar-refractivity contribution is 5.76. The summed E-state index contributed by atoms with van der Waals surface area (Å²) in [7, 11) is 1.61. The third-order valence-corrected chi connectivity index (χ3v) is 2.72. The van der Waals surface area contributed by atoms with Gasteiger partial charge in [0.1, 0.15) is 0 Å². The van der Waals surface area contributed by atoms with Crippen molar-refractivity contribution in [2.75, 3.05) is 7.05 Å². The zero-order valence-electron chi connectivity index (χ0n) is 10.0. The molecule has 0 radical (unpaired) electrons. The predicted molar refractivity (Wildman–Crippen MR) is 64.2 cm³/mol. The molecule has 1 atom stereocenters. The third-order valence-electron chi connectivity index (χ3n) is 2.72. The van der Waals surface area contributed by atoms with Crippen molar-refractivity contribution >= 4 is 5.91 Å². The molecule has 0 aliphatic rings. The Balaban J connectivity index is 2.93. The van der Waals surface area contributed by atoms with Gasteiger partial charge in [-0.25, -0.2) is 0 Å². The Morgan fingerprint density at radius 1 is 1.38 bits per heavy atom. The molecule has 0 fully saturated rings. The van der Waals surface area contributed by atoms with Gasteiger partial charge in [0.05, 0.1) is 5.60 Å². The van der Waals surface area contributed by atoms with E-state index in [0.717, 1.165) is 5.56 Å². The summed E-state index contributed by atoms with van der Waals surface area (Å²) in [6, 6.07) is 9.62.